The highest BCUT2D eigenvalue weighted by atomic mass is 32.1. The first kappa shape index (κ1) is 14.3. The molecule has 0 aliphatic carbocycles. The van der Waals surface area contributed by atoms with Crippen LogP contribution in [0.4, 0.5) is 15.6 Å². The van der Waals surface area contributed by atoms with Gasteiger partial charge in [-0.2, -0.15) is 0 Å². The van der Waals surface area contributed by atoms with Crippen LogP contribution in [0.2, 0.25) is 0 Å². The quantitative estimate of drug-likeness (QED) is 0.732. The van der Waals surface area contributed by atoms with Gasteiger partial charge in [-0.3, -0.25) is 0 Å². The Morgan fingerprint density at radius 2 is 2.30 bits per heavy atom. The molecule has 0 aromatic carbocycles. The third-order valence-corrected chi connectivity index (χ3v) is 3.46. The van der Waals surface area contributed by atoms with Crippen LogP contribution >= 0.6 is 11.3 Å². The Bertz CT molecular complexity index is 573. The van der Waals surface area contributed by atoms with E-state index in [9.17, 15) is 4.79 Å². The average Bonchev–Trinajstić information content (AvgIpc) is 2.95. The molecule has 0 saturated carbocycles. The molecule has 2 heterocycles. The normalized spacial score (nSPS) is 10.5. The molecule has 7 nitrogen and oxygen atoms in total. The van der Waals surface area contributed by atoms with E-state index in [0.29, 0.717) is 28.8 Å². The maximum Gasteiger partial charge on any atom is 0.319 e. The largest absolute Gasteiger partial charge is 0.375 e. The van der Waals surface area contributed by atoms with Crippen LogP contribution in [0.5, 0.6) is 0 Å². The van der Waals surface area contributed by atoms with Crippen molar-refractivity contribution >= 4 is 28.2 Å². The SMILES string of the molecule is Cc1noc(C)c1NC(=O)NCCCc1csc(N)n1. The number of hydrogen-bond acceptors (Lipinski definition) is 6. The van der Waals surface area contributed by atoms with Crippen molar-refractivity contribution in [1.29, 1.82) is 0 Å². The van der Waals surface area contributed by atoms with Crippen molar-refractivity contribution in [1.82, 2.24) is 15.5 Å². The number of nitrogens with two attached hydrogens (primary N) is 1. The Labute approximate surface area is 120 Å². The number of aromatic nitrogens is 2. The lowest BCUT2D eigenvalue weighted by molar-refractivity contribution is 0.252. The average molecular weight is 295 g/mol. The van der Waals surface area contributed by atoms with Gasteiger partial charge in [-0.05, 0) is 26.7 Å². The second kappa shape index (κ2) is 6.38. The summed E-state index contributed by atoms with van der Waals surface area (Å²) in [5, 5.41) is 11.8. The summed E-state index contributed by atoms with van der Waals surface area (Å²) in [6, 6.07) is -0.266. The number of amides is 2. The summed E-state index contributed by atoms with van der Waals surface area (Å²) >= 11 is 1.42. The lowest BCUT2D eigenvalue weighted by Crippen LogP contribution is -2.30. The summed E-state index contributed by atoms with van der Waals surface area (Å²) in [6.45, 7) is 4.09. The fourth-order valence-electron chi connectivity index (χ4n) is 1.73. The molecular weight excluding hydrogens is 278 g/mol. The van der Waals surface area contributed by atoms with Gasteiger partial charge in [0.25, 0.3) is 0 Å². The van der Waals surface area contributed by atoms with Gasteiger partial charge in [-0.1, -0.05) is 5.16 Å². The molecular formula is C12H17N5O2S. The first-order valence-electron chi connectivity index (χ1n) is 6.24. The van der Waals surface area contributed by atoms with Crippen LogP contribution in [-0.4, -0.2) is 22.7 Å². The van der Waals surface area contributed by atoms with Gasteiger partial charge >= 0.3 is 6.03 Å². The van der Waals surface area contributed by atoms with Crippen molar-refractivity contribution < 1.29 is 9.32 Å². The van der Waals surface area contributed by atoms with E-state index >= 15 is 0 Å². The number of nitrogen functional groups attached to an aromatic ring is 1. The van der Waals surface area contributed by atoms with Crippen molar-refractivity contribution in [3.05, 3.63) is 22.5 Å². The molecule has 0 fully saturated rings. The summed E-state index contributed by atoms with van der Waals surface area (Å²) in [4.78, 5) is 15.9. The van der Waals surface area contributed by atoms with Crippen LogP contribution in [0, 0.1) is 13.8 Å². The number of nitrogens with one attached hydrogen (secondary N) is 2. The summed E-state index contributed by atoms with van der Waals surface area (Å²) in [6.07, 6.45) is 1.59. The number of hydrogen-bond donors (Lipinski definition) is 3. The van der Waals surface area contributed by atoms with Gasteiger partial charge in [0, 0.05) is 11.9 Å². The van der Waals surface area contributed by atoms with Gasteiger partial charge in [-0.25, -0.2) is 9.78 Å². The molecule has 2 aromatic heterocycles. The standard InChI is InChI=1S/C12H17N5O2S/c1-7-10(8(2)19-17-7)16-12(18)14-5-3-4-9-6-20-11(13)15-9/h6H,3-5H2,1-2H3,(H2,13,15)(H2,14,16,18). The van der Waals surface area contributed by atoms with Crippen molar-refractivity contribution in [2.24, 2.45) is 0 Å². The minimum absolute atomic E-state index is 0.266. The van der Waals surface area contributed by atoms with E-state index < -0.39 is 0 Å². The maximum atomic E-state index is 11.7. The van der Waals surface area contributed by atoms with Gasteiger partial charge in [0.1, 0.15) is 11.4 Å². The zero-order valence-corrected chi connectivity index (χ0v) is 12.2. The van der Waals surface area contributed by atoms with Crippen LogP contribution in [-0.2, 0) is 6.42 Å². The predicted octanol–water partition coefficient (Wildman–Crippen LogP) is 2.08. The van der Waals surface area contributed by atoms with Crippen LogP contribution in [0.15, 0.2) is 9.90 Å². The van der Waals surface area contributed by atoms with Crippen molar-refractivity contribution in [3.8, 4) is 0 Å². The van der Waals surface area contributed by atoms with Gasteiger partial charge in [0.05, 0.1) is 5.69 Å². The molecule has 2 amide bonds. The van der Waals surface area contributed by atoms with Crippen molar-refractivity contribution in [2.75, 3.05) is 17.6 Å². The highest BCUT2D eigenvalue weighted by Crippen LogP contribution is 2.18. The van der Waals surface area contributed by atoms with Gasteiger partial charge < -0.3 is 20.9 Å². The fraction of sp³-hybridized carbons (Fsp3) is 0.417. The van der Waals surface area contributed by atoms with Crippen molar-refractivity contribution in [3.63, 3.8) is 0 Å². The van der Waals surface area contributed by atoms with E-state index in [-0.39, 0.29) is 6.03 Å². The molecule has 108 valence electrons. The molecule has 0 bridgehead atoms. The van der Waals surface area contributed by atoms with Gasteiger partial charge in [-0.15, -0.1) is 11.3 Å². The maximum absolute atomic E-state index is 11.7. The molecule has 2 rings (SSSR count). The number of carbonyl (C=O) groups is 1. The molecule has 0 radical (unpaired) electrons. The first-order valence-corrected chi connectivity index (χ1v) is 7.12. The first-order chi connectivity index (χ1) is 9.56. The lowest BCUT2D eigenvalue weighted by atomic mass is 10.2. The number of urea groups is 1. The molecule has 4 N–H and O–H groups in total. The summed E-state index contributed by atoms with van der Waals surface area (Å²) < 4.78 is 4.97. The van der Waals surface area contributed by atoms with E-state index in [1.807, 2.05) is 5.38 Å². The lowest BCUT2D eigenvalue weighted by Gasteiger charge is -2.06. The number of aryl methyl sites for hydroxylation is 3. The van der Waals surface area contributed by atoms with Crippen molar-refractivity contribution in [2.45, 2.75) is 26.7 Å². The van der Waals surface area contributed by atoms with Crippen LogP contribution in [0.1, 0.15) is 23.6 Å². The van der Waals surface area contributed by atoms with E-state index in [1.54, 1.807) is 13.8 Å². The molecule has 0 spiro atoms. The third-order valence-electron chi connectivity index (χ3n) is 2.74. The minimum Gasteiger partial charge on any atom is -0.375 e. The molecule has 0 aliphatic heterocycles. The number of thiazole rings is 1. The molecule has 0 saturated heterocycles. The zero-order valence-electron chi connectivity index (χ0n) is 11.4. The molecule has 20 heavy (non-hydrogen) atoms. The highest BCUT2D eigenvalue weighted by molar-refractivity contribution is 7.13. The second-order valence-electron chi connectivity index (χ2n) is 4.36. The molecule has 0 unspecified atom stereocenters. The topological polar surface area (TPSA) is 106 Å². The second-order valence-corrected chi connectivity index (χ2v) is 5.25. The number of carbonyl (C=O) groups excluding carboxylic acids is 1. The van der Waals surface area contributed by atoms with Gasteiger partial charge in [0.2, 0.25) is 0 Å². The van der Waals surface area contributed by atoms with E-state index in [1.165, 1.54) is 11.3 Å². The fourth-order valence-corrected chi connectivity index (χ4v) is 2.33. The Morgan fingerprint density at radius 1 is 1.50 bits per heavy atom. The number of nitrogens with zero attached hydrogens (tertiary/aromatic N) is 2. The third kappa shape index (κ3) is 3.70. The zero-order chi connectivity index (χ0) is 14.5. The number of rotatable bonds is 5. The Hall–Kier alpha value is -2.09. The van der Waals surface area contributed by atoms with E-state index in [4.69, 9.17) is 10.3 Å². The molecule has 2 aromatic rings. The Morgan fingerprint density at radius 3 is 2.90 bits per heavy atom. The van der Waals surface area contributed by atoms with Crippen LogP contribution in [0.25, 0.3) is 0 Å². The predicted molar refractivity (Wildman–Crippen MR) is 77.8 cm³/mol. The summed E-state index contributed by atoms with van der Waals surface area (Å²) in [5.74, 6) is 0.593. The van der Waals surface area contributed by atoms with E-state index in [2.05, 4.69) is 20.8 Å². The summed E-state index contributed by atoms with van der Waals surface area (Å²) in [5.41, 5.74) is 7.79. The van der Waals surface area contributed by atoms with Gasteiger partial charge in [0.15, 0.2) is 10.9 Å². The Balaban J connectivity index is 1.70. The smallest absolute Gasteiger partial charge is 0.319 e. The number of anilines is 2. The molecule has 8 heteroatoms. The molecule has 0 atom stereocenters. The van der Waals surface area contributed by atoms with Crippen LogP contribution in [0.3, 0.4) is 0 Å². The Kier molecular flexibility index (Phi) is 4.57. The molecule has 0 aliphatic rings. The summed E-state index contributed by atoms with van der Waals surface area (Å²) in [7, 11) is 0. The van der Waals surface area contributed by atoms with E-state index in [0.717, 1.165) is 18.5 Å². The monoisotopic (exact) mass is 295 g/mol. The minimum atomic E-state index is -0.266. The highest BCUT2D eigenvalue weighted by Gasteiger charge is 2.11. The van der Waals surface area contributed by atoms with Crippen LogP contribution < -0.4 is 16.4 Å².